The molecule has 2 aromatic carbocycles. The van der Waals surface area contributed by atoms with Crippen molar-refractivity contribution in [2.45, 2.75) is 102 Å². The van der Waals surface area contributed by atoms with E-state index < -0.39 is 96.7 Å². The molecule has 1 fully saturated rings. The lowest BCUT2D eigenvalue weighted by Gasteiger charge is -2.38. The monoisotopic (exact) mass is 957 g/mol. The highest BCUT2D eigenvalue weighted by atomic mass is 19.1. The number of terminal acetylenes is 1. The first-order valence-corrected chi connectivity index (χ1v) is 21.9. The van der Waals surface area contributed by atoms with Crippen molar-refractivity contribution >= 4 is 46.4 Å². The Kier molecular flexibility index (Phi) is 13.5. The first-order chi connectivity index (χ1) is 32.9. The van der Waals surface area contributed by atoms with E-state index in [0.717, 1.165) is 4.90 Å². The van der Waals surface area contributed by atoms with E-state index in [1.165, 1.54) is 41.9 Å². The van der Waals surface area contributed by atoms with Crippen LogP contribution in [0.1, 0.15) is 71.2 Å². The van der Waals surface area contributed by atoms with Crippen LogP contribution in [0.15, 0.2) is 35.1 Å². The zero-order valence-corrected chi connectivity index (χ0v) is 37.4. The van der Waals surface area contributed by atoms with E-state index in [-0.39, 0.29) is 79.3 Å². The summed E-state index contributed by atoms with van der Waals surface area (Å²) in [4.78, 5) is 84.2. The van der Waals surface area contributed by atoms with Crippen molar-refractivity contribution in [1.82, 2.24) is 19.8 Å². The van der Waals surface area contributed by atoms with Crippen LogP contribution in [0.3, 0.4) is 0 Å². The molecule has 4 aliphatic rings. The van der Waals surface area contributed by atoms with Crippen molar-refractivity contribution in [3.8, 4) is 29.5 Å². The third-order valence-corrected chi connectivity index (χ3v) is 12.9. The number of amides is 3. The molecule has 2 unspecified atom stereocenters. The highest BCUT2D eigenvalue weighted by molar-refractivity contribution is 5.96. The van der Waals surface area contributed by atoms with Crippen LogP contribution < -0.4 is 20.9 Å². The van der Waals surface area contributed by atoms with Crippen LogP contribution in [0.4, 0.5) is 14.9 Å². The fourth-order valence-electron chi connectivity index (χ4n) is 9.15. The minimum absolute atomic E-state index is 0.00384. The lowest BCUT2D eigenvalue weighted by Crippen LogP contribution is -2.61. The van der Waals surface area contributed by atoms with E-state index in [1.54, 1.807) is 13.8 Å². The summed E-state index contributed by atoms with van der Waals surface area (Å²) in [5, 5.41) is 58.2. The van der Waals surface area contributed by atoms with E-state index >= 15 is 4.39 Å². The molecule has 1 aliphatic carbocycles. The number of carbonyl (C=O) groups excluding carboxylic acids is 4. The molecule has 0 saturated carbocycles. The van der Waals surface area contributed by atoms with Crippen LogP contribution in [0, 0.1) is 25.1 Å². The van der Waals surface area contributed by atoms with Crippen LogP contribution in [0.2, 0.25) is 0 Å². The molecule has 7 atom stereocenters. The Hall–Kier alpha value is -7.00. The van der Waals surface area contributed by atoms with E-state index in [0.29, 0.717) is 45.4 Å². The number of carboxylic acid groups (broad SMARTS) is 1. The zero-order chi connectivity index (χ0) is 49.6. The number of rotatable bonds is 14. The number of cyclic esters (lactones) is 1. The quantitative estimate of drug-likeness (QED) is 0.0467. The van der Waals surface area contributed by atoms with Gasteiger partial charge in [0.2, 0.25) is 18.1 Å². The average Bonchev–Trinajstić information content (AvgIpc) is 3.69. The molecule has 22 heteroatoms. The second-order valence-electron chi connectivity index (χ2n) is 17.1. The van der Waals surface area contributed by atoms with Gasteiger partial charge in [-0.15, -0.1) is 6.42 Å². The van der Waals surface area contributed by atoms with Gasteiger partial charge in [0, 0.05) is 29.6 Å². The number of aryl methyl sites for hydroxylation is 1. The molecule has 0 radical (unpaired) electrons. The van der Waals surface area contributed by atoms with Gasteiger partial charge in [0.25, 0.3) is 5.56 Å². The largest absolute Gasteiger partial charge is 0.479 e. The third kappa shape index (κ3) is 8.95. The number of aliphatic hydroxyl groups is 4. The van der Waals surface area contributed by atoms with Gasteiger partial charge in [0.1, 0.15) is 49.7 Å². The van der Waals surface area contributed by atoms with Crippen molar-refractivity contribution in [3.05, 3.63) is 85.4 Å². The summed E-state index contributed by atoms with van der Waals surface area (Å²) in [6, 6.07) is 6.12. The number of anilines is 1. The number of nitrogens with zero attached hydrogens (tertiary/aromatic N) is 3. The number of carbonyl (C=O) groups is 5. The van der Waals surface area contributed by atoms with Gasteiger partial charge >= 0.3 is 18.0 Å². The highest BCUT2D eigenvalue weighted by Gasteiger charge is 2.49. The first-order valence-electron chi connectivity index (χ1n) is 21.9. The van der Waals surface area contributed by atoms with Gasteiger partial charge in [0.05, 0.1) is 60.3 Å². The summed E-state index contributed by atoms with van der Waals surface area (Å²) in [5.41, 5.74) is 0.883. The van der Waals surface area contributed by atoms with Gasteiger partial charge in [-0.3, -0.25) is 14.4 Å². The standard InChI is InChI=1S/C47H48FN5O16/c1-5-12-65-13-11-34(55)52(4)18-33(54)49-29-14-22(7-10-32(29)68-44-40(58)38(56)39(57)41(69-44)43(60)61)19-67-46(63)51-28-9-8-23-21(3)27(48)16-30-35(23)36(28)24-17-53-31(37(24)50-30)15-26-25(42(53)59)20-66-45(62)47(26,64)6-2/h1,7,10,14-16,28,38-41,44,56-58,64H,6,8-9,11-13,17-20H2,2-4H3,(H,49,54)(H,51,63)(H,60,61)/t28-,38-,39-,40?,41?,44+,47-/m0/s1. The van der Waals surface area contributed by atoms with Crippen molar-refractivity contribution < 1.29 is 77.6 Å². The number of alkyl carbamates (subject to hydrolysis) is 1. The smallest absolute Gasteiger partial charge is 0.407 e. The SMILES string of the molecule is C#CCOCCC(=O)N(C)CC(=O)Nc1cc(COC(=O)N[C@H]2CCc3c(C)c(F)cc4nc5c(c2c34)Cn2c-5cc3c(c2=O)COC(=O)[C@]3(O)CC)ccc1O[C@@H]1OC(C(=O)O)[C@@H](O)[C@H](O)C1O. The molecule has 8 rings (SSSR count). The molecule has 7 N–H and O–H groups in total. The number of aliphatic carboxylic acids is 1. The second kappa shape index (κ2) is 19.2. The Labute approximate surface area is 391 Å². The van der Waals surface area contributed by atoms with Gasteiger partial charge in [-0.2, -0.15) is 0 Å². The number of aliphatic hydroxyl groups excluding tert-OH is 3. The minimum Gasteiger partial charge on any atom is -0.479 e. The van der Waals surface area contributed by atoms with Gasteiger partial charge in [-0.1, -0.05) is 18.9 Å². The van der Waals surface area contributed by atoms with Crippen LogP contribution >= 0.6 is 0 Å². The molecule has 0 bridgehead atoms. The summed E-state index contributed by atoms with van der Waals surface area (Å²) >= 11 is 0. The molecule has 3 amide bonds. The van der Waals surface area contributed by atoms with Gasteiger partial charge in [0.15, 0.2) is 11.7 Å². The van der Waals surface area contributed by atoms with Crippen LogP contribution in [-0.2, 0) is 69.9 Å². The predicted octanol–water partition coefficient (Wildman–Crippen LogP) is 1.15. The summed E-state index contributed by atoms with van der Waals surface area (Å²) in [7, 11) is 1.38. The molecule has 4 aromatic rings. The molecule has 0 spiro atoms. The van der Waals surface area contributed by atoms with Gasteiger partial charge in [-0.25, -0.2) is 23.8 Å². The number of esters is 1. The van der Waals surface area contributed by atoms with Gasteiger partial charge in [-0.05, 0) is 66.6 Å². The number of ether oxygens (including phenoxy) is 5. The predicted molar refractivity (Wildman–Crippen MR) is 236 cm³/mol. The Morgan fingerprint density at radius 2 is 1.86 bits per heavy atom. The Bertz CT molecular complexity index is 2900. The number of halogens is 1. The van der Waals surface area contributed by atoms with Gasteiger partial charge < -0.3 is 69.3 Å². The number of pyridine rings is 2. The fraction of sp³-hybridized carbons (Fsp3) is 0.426. The fourth-order valence-corrected chi connectivity index (χ4v) is 9.15. The molecule has 1 saturated heterocycles. The van der Waals surface area contributed by atoms with E-state index in [2.05, 4.69) is 16.6 Å². The number of nitrogens with one attached hydrogen (secondary N) is 2. The normalized spacial score (nSPS) is 23.1. The molecule has 21 nitrogen and oxygen atoms in total. The molecule has 3 aliphatic heterocycles. The molecule has 2 aromatic heterocycles. The Morgan fingerprint density at radius 1 is 1.09 bits per heavy atom. The van der Waals surface area contributed by atoms with Crippen LogP contribution in [0.5, 0.6) is 5.75 Å². The molecule has 5 heterocycles. The Morgan fingerprint density at radius 3 is 2.58 bits per heavy atom. The zero-order valence-electron chi connectivity index (χ0n) is 37.4. The second-order valence-corrected chi connectivity index (χ2v) is 17.1. The molecule has 69 heavy (non-hydrogen) atoms. The maximum atomic E-state index is 15.4. The molecular weight excluding hydrogens is 910 g/mol. The van der Waals surface area contributed by atoms with Crippen molar-refractivity contribution in [2.75, 3.05) is 32.1 Å². The van der Waals surface area contributed by atoms with E-state index in [9.17, 15) is 54.3 Å². The van der Waals surface area contributed by atoms with Crippen molar-refractivity contribution in [2.24, 2.45) is 0 Å². The molecule has 364 valence electrons. The average molecular weight is 958 g/mol. The topological polar surface area (TPSA) is 295 Å². The number of fused-ring (bicyclic) bond motifs is 5. The first kappa shape index (κ1) is 48.5. The number of hydrogen-bond acceptors (Lipinski definition) is 16. The van der Waals surface area contributed by atoms with E-state index in [1.807, 2.05) is 0 Å². The third-order valence-electron chi connectivity index (χ3n) is 12.9. The summed E-state index contributed by atoms with van der Waals surface area (Å²) < 4.78 is 44.0. The van der Waals surface area contributed by atoms with Crippen LogP contribution in [0.25, 0.3) is 22.3 Å². The maximum Gasteiger partial charge on any atom is 0.407 e. The van der Waals surface area contributed by atoms with Crippen LogP contribution in [-0.4, -0.2) is 127 Å². The highest BCUT2D eigenvalue weighted by Crippen LogP contribution is 2.46. The summed E-state index contributed by atoms with van der Waals surface area (Å²) in [6.45, 7) is 2.02. The lowest BCUT2D eigenvalue weighted by atomic mass is 9.81. The maximum absolute atomic E-state index is 15.4. The minimum atomic E-state index is -2.08. The number of hydrogen-bond donors (Lipinski definition) is 7. The van der Waals surface area contributed by atoms with E-state index in [4.69, 9.17) is 35.1 Å². The summed E-state index contributed by atoms with van der Waals surface area (Å²) in [6.07, 6.45) is -5.07. The number of aromatic nitrogens is 2. The Balaban J connectivity index is 1.05. The number of benzene rings is 2. The lowest BCUT2D eigenvalue weighted by molar-refractivity contribution is -0.271. The number of likely N-dealkylation sites (N-methyl/N-ethyl adjacent to an activating group) is 1. The summed E-state index contributed by atoms with van der Waals surface area (Å²) in [5.74, 6) is -2.17. The molecular formula is C47H48FN5O16. The van der Waals surface area contributed by atoms with Crippen molar-refractivity contribution in [1.29, 1.82) is 0 Å². The number of carboxylic acids is 1. The van der Waals surface area contributed by atoms with Crippen molar-refractivity contribution in [3.63, 3.8) is 0 Å².